The molecule has 0 radical (unpaired) electrons. The Morgan fingerprint density at radius 2 is 2.39 bits per heavy atom. The third-order valence-corrected chi connectivity index (χ3v) is 4.74. The van der Waals surface area contributed by atoms with Crippen molar-refractivity contribution in [1.29, 1.82) is 0 Å². The number of nitrogens with one attached hydrogen (secondary N) is 2. The average molecular weight is 274 g/mol. The van der Waals surface area contributed by atoms with Gasteiger partial charge < -0.3 is 10.5 Å². The van der Waals surface area contributed by atoms with E-state index < -0.39 is 10.0 Å². The molecule has 2 unspecified atom stereocenters. The molecule has 0 aromatic carbocycles. The molecular formula is C10H18N4O3S. The first-order chi connectivity index (χ1) is 8.56. The molecule has 1 fully saturated rings. The van der Waals surface area contributed by atoms with Crippen LogP contribution in [0.15, 0.2) is 11.2 Å². The van der Waals surface area contributed by atoms with Gasteiger partial charge >= 0.3 is 0 Å². The van der Waals surface area contributed by atoms with Gasteiger partial charge in [-0.25, -0.2) is 13.1 Å². The van der Waals surface area contributed by atoms with Crippen LogP contribution >= 0.6 is 0 Å². The highest BCUT2D eigenvalue weighted by molar-refractivity contribution is 7.89. The Morgan fingerprint density at radius 3 is 3.00 bits per heavy atom. The summed E-state index contributed by atoms with van der Waals surface area (Å²) in [5.41, 5.74) is 5.96. The lowest BCUT2D eigenvalue weighted by molar-refractivity contribution is 0.107. The second-order valence-corrected chi connectivity index (χ2v) is 6.07. The zero-order chi connectivity index (χ0) is 13.2. The predicted octanol–water partition coefficient (Wildman–Crippen LogP) is -0.286. The minimum Gasteiger partial charge on any atom is -0.381 e. The smallest absolute Gasteiger partial charge is 0.258 e. The third kappa shape index (κ3) is 2.72. The van der Waals surface area contributed by atoms with Crippen molar-refractivity contribution in [2.24, 2.45) is 5.73 Å². The Balaban J connectivity index is 2.09. The summed E-state index contributed by atoms with van der Waals surface area (Å²) in [5, 5.41) is 6.26. The summed E-state index contributed by atoms with van der Waals surface area (Å²) < 4.78 is 32.2. The van der Waals surface area contributed by atoms with Crippen LogP contribution in [0, 0.1) is 0 Å². The molecule has 1 saturated carbocycles. The summed E-state index contributed by atoms with van der Waals surface area (Å²) in [6, 6.07) is -0.0890. The largest absolute Gasteiger partial charge is 0.381 e. The maximum absolute atomic E-state index is 12.1. The summed E-state index contributed by atoms with van der Waals surface area (Å²) in [6.45, 7) is 0.137. The molecule has 102 valence electrons. The van der Waals surface area contributed by atoms with E-state index >= 15 is 0 Å². The van der Waals surface area contributed by atoms with Gasteiger partial charge in [-0.1, -0.05) is 0 Å². The van der Waals surface area contributed by atoms with E-state index in [0.717, 1.165) is 12.8 Å². The molecule has 7 nitrogen and oxygen atoms in total. The molecule has 0 amide bonds. The molecule has 1 heterocycles. The summed E-state index contributed by atoms with van der Waals surface area (Å²) in [7, 11) is -1.94. The Morgan fingerprint density at radius 1 is 1.61 bits per heavy atom. The minimum atomic E-state index is -3.58. The maximum Gasteiger partial charge on any atom is 0.258 e. The molecule has 2 rings (SSSR count). The lowest BCUT2D eigenvalue weighted by atomic mass is 10.3. The molecule has 0 bridgehead atoms. The number of sulfonamides is 1. The molecule has 1 aromatic rings. The zero-order valence-electron chi connectivity index (χ0n) is 10.2. The van der Waals surface area contributed by atoms with Crippen LogP contribution in [0.1, 0.15) is 24.8 Å². The predicted molar refractivity (Wildman–Crippen MR) is 65.2 cm³/mol. The second-order valence-electron chi connectivity index (χ2n) is 4.42. The maximum atomic E-state index is 12.1. The molecule has 1 aliphatic rings. The highest BCUT2D eigenvalue weighted by atomic mass is 32.2. The minimum absolute atomic E-state index is 0.0610. The van der Waals surface area contributed by atoms with E-state index in [9.17, 15) is 8.42 Å². The van der Waals surface area contributed by atoms with Gasteiger partial charge in [0.05, 0.1) is 12.3 Å². The Hall–Kier alpha value is -0.960. The summed E-state index contributed by atoms with van der Waals surface area (Å²) in [5.74, 6) is 0. The van der Waals surface area contributed by atoms with Crippen molar-refractivity contribution in [3.8, 4) is 0 Å². The normalized spacial score (nSPS) is 24.6. The molecular weight excluding hydrogens is 256 g/mol. The average Bonchev–Trinajstić information content (AvgIpc) is 2.96. The number of H-pyrrole nitrogens is 1. The fourth-order valence-electron chi connectivity index (χ4n) is 2.22. The Bertz CT molecular complexity index is 499. The van der Waals surface area contributed by atoms with Gasteiger partial charge in [-0.3, -0.25) is 5.10 Å². The molecule has 0 spiro atoms. The number of nitrogens with two attached hydrogens (primary N) is 1. The van der Waals surface area contributed by atoms with Gasteiger partial charge in [0.15, 0.2) is 5.03 Å². The van der Waals surface area contributed by atoms with Crippen molar-refractivity contribution >= 4 is 10.0 Å². The third-order valence-electron chi connectivity index (χ3n) is 3.21. The van der Waals surface area contributed by atoms with Crippen molar-refractivity contribution in [3.63, 3.8) is 0 Å². The Kier molecular flexibility index (Phi) is 4.00. The van der Waals surface area contributed by atoms with Crippen LogP contribution in [0.4, 0.5) is 0 Å². The first kappa shape index (κ1) is 13.5. The molecule has 0 saturated heterocycles. The van der Waals surface area contributed by atoms with Crippen LogP contribution < -0.4 is 10.5 Å². The highest BCUT2D eigenvalue weighted by Gasteiger charge is 2.30. The van der Waals surface area contributed by atoms with E-state index in [-0.39, 0.29) is 23.7 Å². The fraction of sp³-hybridized carbons (Fsp3) is 0.700. The number of aromatic nitrogens is 2. The van der Waals surface area contributed by atoms with Crippen LogP contribution in [-0.4, -0.2) is 37.9 Å². The van der Waals surface area contributed by atoms with E-state index in [1.165, 1.54) is 6.20 Å². The van der Waals surface area contributed by atoms with Crippen molar-refractivity contribution in [2.75, 3.05) is 7.11 Å². The van der Waals surface area contributed by atoms with Gasteiger partial charge in [0.2, 0.25) is 0 Å². The van der Waals surface area contributed by atoms with Crippen LogP contribution in [0.25, 0.3) is 0 Å². The van der Waals surface area contributed by atoms with E-state index in [4.69, 9.17) is 10.5 Å². The van der Waals surface area contributed by atoms with Crippen LogP contribution in [-0.2, 0) is 21.3 Å². The standard InChI is InChI=1S/C10H18N4O3S/c1-17-9-3-2-8(4-9)14-18(15,16)10-7(5-11)6-12-13-10/h6,8-9,14H,2-5,11H2,1H3,(H,12,13). The van der Waals surface area contributed by atoms with E-state index in [0.29, 0.717) is 12.0 Å². The fourth-order valence-corrected chi connectivity index (χ4v) is 3.64. The van der Waals surface area contributed by atoms with Crippen LogP contribution in [0.3, 0.4) is 0 Å². The monoisotopic (exact) mass is 274 g/mol. The number of ether oxygens (including phenoxy) is 1. The van der Waals surface area contributed by atoms with Crippen molar-refractivity contribution in [2.45, 2.75) is 43.0 Å². The summed E-state index contributed by atoms with van der Waals surface area (Å²) in [4.78, 5) is 0. The van der Waals surface area contributed by atoms with E-state index in [1.54, 1.807) is 7.11 Å². The van der Waals surface area contributed by atoms with Gasteiger partial charge in [-0.2, -0.15) is 5.10 Å². The summed E-state index contributed by atoms with van der Waals surface area (Å²) >= 11 is 0. The van der Waals surface area contributed by atoms with Crippen LogP contribution in [0.5, 0.6) is 0 Å². The van der Waals surface area contributed by atoms with Gasteiger partial charge in [0.25, 0.3) is 10.0 Å². The molecule has 8 heteroatoms. The number of nitrogens with zero attached hydrogens (tertiary/aromatic N) is 1. The first-order valence-electron chi connectivity index (χ1n) is 5.84. The molecule has 1 aliphatic carbocycles. The molecule has 18 heavy (non-hydrogen) atoms. The van der Waals surface area contributed by atoms with Crippen molar-refractivity contribution in [1.82, 2.24) is 14.9 Å². The number of hydrogen-bond acceptors (Lipinski definition) is 5. The Labute approximate surface area is 106 Å². The summed E-state index contributed by atoms with van der Waals surface area (Å²) in [6.07, 6.45) is 3.91. The van der Waals surface area contributed by atoms with Crippen molar-refractivity contribution in [3.05, 3.63) is 11.8 Å². The topological polar surface area (TPSA) is 110 Å². The van der Waals surface area contributed by atoms with Crippen molar-refractivity contribution < 1.29 is 13.2 Å². The molecule has 4 N–H and O–H groups in total. The lowest BCUT2D eigenvalue weighted by Gasteiger charge is -2.13. The number of aromatic amines is 1. The number of hydrogen-bond donors (Lipinski definition) is 3. The van der Waals surface area contributed by atoms with E-state index in [1.807, 2.05) is 0 Å². The van der Waals surface area contributed by atoms with Crippen LogP contribution in [0.2, 0.25) is 0 Å². The lowest BCUT2D eigenvalue weighted by Crippen LogP contribution is -2.34. The first-order valence-corrected chi connectivity index (χ1v) is 7.32. The number of rotatable bonds is 5. The second kappa shape index (κ2) is 5.35. The van der Waals surface area contributed by atoms with Gasteiger partial charge in [-0.15, -0.1) is 0 Å². The zero-order valence-corrected chi connectivity index (χ0v) is 11.0. The molecule has 0 aliphatic heterocycles. The van der Waals surface area contributed by atoms with Gasteiger partial charge in [-0.05, 0) is 19.3 Å². The quantitative estimate of drug-likeness (QED) is 0.683. The van der Waals surface area contributed by atoms with Gasteiger partial charge in [0, 0.05) is 25.3 Å². The van der Waals surface area contributed by atoms with E-state index in [2.05, 4.69) is 14.9 Å². The SMILES string of the molecule is COC1CCC(NS(=O)(=O)c2[nH]ncc2CN)C1. The molecule has 1 aromatic heterocycles. The van der Waals surface area contributed by atoms with Gasteiger partial charge in [0.1, 0.15) is 0 Å². The molecule has 2 atom stereocenters. The number of methoxy groups -OCH3 is 1. The highest BCUT2D eigenvalue weighted by Crippen LogP contribution is 2.23.